The Kier molecular flexibility index (Phi) is 4.99. The maximum Gasteiger partial charge on any atom is 0.0883 e. The zero-order valence-corrected chi connectivity index (χ0v) is 12.3. The molecule has 0 saturated heterocycles. The van der Waals surface area contributed by atoms with Crippen molar-refractivity contribution in [1.29, 1.82) is 0 Å². The minimum atomic E-state index is -1.17. The van der Waals surface area contributed by atoms with E-state index in [1.807, 2.05) is 30.3 Å². The largest absolute Gasteiger partial charge is 0.543 e. The molecule has 0 aliphatic heterocycles. The van der Waals surface area contributed by atoms with Gasteiger partial charge in [0.15, 0.2) is 0 Å². The molecule has 3 heteroatoms. The van der Waals surface area contributed by atoms with Crippen molar-refractivity contribution in [2.75, 3.05) is 0 Å². The van der Waals surface area contributed by atoms with Gasteiger partial charge in [0.25, 0.3) is 0 Å². The van der Waals surface area contributed by atoms with E-state index in [2.05, 4.69) is 13.5 Å². The van der Waals surface area contributed by atoms with Gasteiger partial charge in [-0.15, -0.1) is 0 Å². The number of aromatic nitrogens is 1. The Morgan fingerprint density at radius 3 is 2.57 bits per heavy atom. The van der Waals surface area contributed by atoms with Crippen LogP contribution in [0, 0.1) is 0 Å². The number of carbonyl (C=O) groups excluding carboxylic acids is 1. The standard InChI is InChI=1S/C18H21NO2/c1-3-5-7-12-15-13-16(18(20)21)19(4-2)17(15)14-10-8-6-9-11-14/h4,6,8-11,13H,2-3,5,7,12H2,1H3,(H,20,21)/p-1. The van der Waals surface area contributed by atoms with Crippen LogP contribution in [-0.4, -0.2) is 10.5 Å². The van der Waals surface area contributed by atoms with Gasteiger partial charge in [-0.05, 0) is 30.0 Å². The lowest BCUT2D eigenvalue weighted by atomic mass is 10.0. The Morgan fingerprint density at radius 1 is 1.29 bits per heavy atom. The van der Waals surface area contributed by atoms with Gasteiger partial charge in [0.2, 0.25) is 0 Å². The summed E-state index contributed by atoms with van der Waals surface area (Å²) >= 11 is 0. The SMILES string of the molecule is C=Cn1c(C(=O)[O-])cc(CCCCC)c1-c1ccccc1. The van der Waals surface area contributed by atoms with Crippen LogP contribution in [-0.2, 0) is 6.42 Å². The van der Waals surface area contributed by atoms with E-state index < -0.39 is 5.97 Å². The Hall–Kier alpha value is -2.29. The fraction of sp³-hybridized carbons (Fsp3) is 0.278. The summed E-state index contributed by atoms with van der Waals surface area (Å²) in [6, 6.07) is 11.5. The maximum atomic E-state index is 11.3. The average molecular weight is 282 g/mol. The van der Waals surface area contributed by atoms with Crippen molar-refractivity contribution < 1.29 is 9.90 Å². The lowest BCUT2D eigenvalue weighted by molar-refractivity contribution is -0.255. The fourth-order valence-corrected chi connectivity index (χ4v) is 2.60. The van der Waals surface area contributed by atoms with Gasteiger partial charge < -0.3 is 14.5 Å². The number of carboxylic acid groups (broad SMARTS) is 1. The Labute approximate surface area is 125 Å². The van der Waals surface area contributed by atoms with Crippen LogP contribution in [0.25, 0.3) is 17.5 Å². The van der Waals surface area contributed by atoms with Gasteiger partial charge in [0.05, 0.1) is 17.4 Å². The Balaban J connectivity index is 2.52. The van der Waals surface area contributed by atoms with Gasteiger partial charge in [-0.25, -0.2) is 0 Å². The molecular formula is C18H20NO2-. The molecule has 1 aromatic heterocycles. The number of rotatable bonds is 7. The lowest BCUT2D eigenvalue weighted by Gasteiger charge is -2.11. The van der Waals surface area contributed by atoms with E-state index >= 15 is 0 Å². The first-order valence-corrected chi connectivity index (χ1v) is 7.32. The molecule has 0 N–H and O–H groups in total. The Morgan fingerprint density at radius 2 is 2.00 bits per heavy atom. The van der Waals surface area contributed by atoms with Crippen molar-refractivity contribution in [3.05, 3.63) is 54.2 Å². The van der Waals surface area contributed by atoms with Crippen LogP contribution < -0.4 is 5.11 Å². The molecule has 0 radical (unpaired) electrons. The van der Waals surface area contributed by atoms with Crippen molar-refractivity contribution in [2.45, 2.75) is 32.6 Å². The average Bonchev–Trinajstić information content (AvgIpc) is 2.87. The first-order valence-electron chi connectivity index (χ1n) is 7.32. The summed E-state index contributed by atoms with van der Waals surface area (Å²) < 4.78 is 1.62. The number of carbonyl (C=O) groups is 1. The van der Waals surface area contributed by atoms with Crippen LogP contribution in [0.15, 0.2) is 43.0 Å². The second kappa shape index (κ2) is 6.93. The van der Waals surface area contributed by atoms with E-state index in [9.17, 15) is 9.90 Å². The highest BCUT2D eigenvalue weighted by molar-refractivity contribution is 5.88. The van der Waals surface area contributed by atoms with Gasteiger partial charge in [0.1, 0.15) is 0 Å². The smallest absolute Gasteiger partial charge is 0.0883 e. The number of aryl methyl sites for hydroxylation is 1. The maximum absolute atomic E-state index is 11.3. The first kappa shape index (κ1) is 15.1. The molecule has 1 aromatic carbocycles. The molecule has 0 fully saturated rings. The number of unbranched alkanes of at least 4 members (excludes halogenated alkanes) is 2. The van der Waals surface area contributed by atoms with Gasteiger partial charge in [-0.1, -0.05) is 56.7 Å². The summed E-state index contributed by atoms with van der Waals surface area (Å²) in [7, 11) is 0. The first-order chi connectivity index (χ1) is 10.2. The summed E-state index contributed by atoms with van der Waals surface area (Å²) in [5.41, 5.74) is 3.10. The van der Waals surface area contributed by atoms with Crippen LogP contribution >= 0.6 is 0 Å². The third-order valence-corrected chi connectivity index (χ3v) is 3.60. The number of hydrogen-bond donors (Lipinski definition) is 0. The van der Waals surface area contributed by atoms with E-state index in [1.165, 1.54) is 6.20 Å². The molecule has 1 heterocycles. The molecule has 0 aliphatic carbocycles. The molecular weight excluding hydrogens is 262 g/mol. The van der Waals surface area contributed by atoms with Gasteiger partial charge in [-0.2, -0.15) is 0 Å². The summed E-state index contributed by atoms with van der Waals surface area (Å²) in [5.74, 6) is -1.17. The molecule has 21 heavy (non-hydrogen) atoms. The van der Waals surface area contributed by atoms with Crippen LogP contribution in [0.2, 0.25) is 0 Å². The fourth-order valence-electron chi connectivity index (χ4n) is 2.60. The molecule has 0 atom stereocenters. The van der Waals surface area contributed by atoms with Crippen molar-refractivity contribution >= 4 is 12.2 Å². The summed E-state index contributed by atoms with van der Waals surface area (Å²) in [6.45, 7) is 5.89. The monoisotopic (exact) mass is 282 g/mol. The highest BCUT2D eigenvalue weighted by Crippen LogP contribution is 2.29. The van der Waals surface area contributed by atoms with Crippen LogP contribution in [0.1, 0.15) is 42.2 Å². The molecule has 2 rings (SSSR count). The molecule has 2 aromatic rings. The normalized spacial score (nSPS) is 10.5. The molecule has 0 amide bonds. The summed E-state index contributed by atoms with van der Waals surface area (Å²) in [5, 5.41) is 11.3. The molecule has 3 nitrogen and oxygen atoms in total. The zero-order chi connectivity index (χ0) is 15.2. The third kappa shape index (κ3) is 3.24. The molecule has 0 spiro atoms. The van der Waals surface area contributed by atoms with Crippen LogP contribution in [0.3, 0.4) is 0 Å². The van der Waals surface area contributed by atoms with E-state index in [0.29, 0.717) is 0 Å². The predicted molar refractivity (Wildman–Crippen MR) is 83.8 cm³/mol. The topological polar surface area (TPSA) is 45.1 Å². The van der Waals surface area contributed by atoms with Crippen molar-refractivity contribution in [3.8, 4) is 11.3 Å². The van der Waals surface area contributed by atoms with Gasteiger partial charge >= 0.3 is 0 Å². The number of benzene rings is 1. The van der Waals surface area contributed by atoms with E-state index in [1.54, 1.807) is 10.6 Å². The molecule has 110 valence electrons. The number of hydrogen-bond acceptors (Lipinski definition) is 2. The highest BCUT2D eigenvalue weighted by atomic mass is 16.4. The second-order valence-electron chi connectivity index (χ2n) is 5.07. The molecule has 0 aliphatic rings. The van der Waals surface area contributed by atoms with E-state index in [-0.39, 0.29) is 5.69 Å². The minimum Gasteiger partial charge on any atom is -0.543 e. The molecule has 0 unspecified atom stereocenters. The highest BCUT2D eigenvalue weighted by Gasteiger charge is 2.15. The molecule has 0 saturated carbocycles. The van der Waals surface area contributed by atoms with Crippen LogP contribution in [0.5, 0.6) is 0 Å². The van der Waals surface area contributed by atoms with E-state index in [0.717, 1.165) is 42.5 Å². The second-order valence-corrected chi connectivity index (χ2v) is 5.07. The summed E-state index contributed by atoms with van der Waals surface area (Å²) in [6.07, 6.45) is 5.71. The van der Waals surface area contributed by atoms with Crippen molar-refractivity contribution in [1.82, 2.24) is 4.57 Å². The summed E-state index contributed by atoms with van der Waals surface area (Å²) in [4.78, 5) is 11.3. The number of nitrogens with zero attached hydrogens (tertiary/aromatic N) is 1. The zero-order valence-electron chi connectivity index (χ0n) is 12.3. The Bertz CT molecular complexity index is 626. The number of aromatic carboxylic acids is 1. The minimum absolute atomic E-state index is 0.162. The number of carboxylic acids is 1. The van der Waals surface area contributed by atoms with Gasteiger partial charge in [0, 0.05) is 6.20 Å². The third-order valence-electron chi connectivity index (χ3n) is 3.60. The predicted octanol–water partition coefficient (Wildman–Crippen LogP) is 3.35. The molecule has 0 bridgehead atoms. The van der Waals surface area contributed by atoms with Crippen molar-refractivity contribution in [2.24, 2.45) is 0 Å². The van der Waals surface area contributed by atoms with E-state index in [4.69, 9.17) is 0 Å². The van der Waals surface area contributed by atoms with Crippen molar-refractivity contribution in [3.63, 3.8) is 0 Å². The quantitative estimate of drug-likeness (QED) is 0.731. The van der Waals surface area contributed by atoms with Crippen LogP contribution in [0.4, 0.5) is 0 Å². The van der Waals surface area contributed by atoms with Gasteiger partial charge in [-0.3, -0.25) is 0 Å². The lowest BCUT2D eigenvalue weighted by Crippen LogP contribution is -2.24.